The zero-order chi connectivity index (χ0) is 30.8. The van der Waals surface area contributed by atoms with Crippen LogP contribution in [0.1, 0.15) is 59.4 Å². The van der Waals surface area contributed by atoms with Crippen LogP contribution in [0.25, 0.3) is 0 Å². The molecule has 43 heavy (non-hydrogen) atoms. The highest BCUT2D eigenvalue weighted by Gasteiger charge is 2.34. The Morgan fingerprint density at radius 2 is 1.49 bits per heavy atom. The van der Waals surface area contributed by atoms with Gasteiger partial charge in [0, 0.05) is 25.6 Å². The van der Waals surface area contributed by atoms with E-state index in [9.17, 15) is 23.1 Å². The highest BCUT2D eigenvalue weighted by Crippen LogP contribution is 2.37. The summed E-state index contributed by atoms with van der Waals surface area (Å²) in [5.41, 5.74) is 2.45. The van der Waals surface area contributed by atoms with Crippen molar-refractivity contribution in [3.05, 3.63) is 136 Å². The van der Waals surface area contributed by atoms with Gasteiger partial charge in [-0.15, -0.1) is 0 Å². The number of benzene rings is 4. The van der Waals surface area contributed by atoms with E-state index in [1.54, 1.807) is 30.3 Å². The highest BCUT2D eigenvalue weighted by atomic mass is 35.5. The summed E-state index contributed by atoms with van der Waals surface area (Å²) in [4.78, 5) is 13.7. The third-order valence-corrected chi connectivity index (χ3v) is 7.92. The Morgan fingerprint density at radius 3 is 2.07 bits per heavy atom. The Bertz CT molecular complexity index is 1420. The molecule has 0 aliphatic heterocycles. The van der Waals surface area contributed by atoms with E-state index in [1.165, 1.54) is 6.07 Å². The number of nitrogens with zero attached hydrogens (tertiary/aromatic N) is 1. The van der Waals surface area contributed by atoms with Gasteiger partial charge in [0.05, 0.1) is 23.1 Å². The molecule has 1 atom stereocenters. The van der Waals surface area contributed by atoms with Crippen LogP contribution < -0.4 is 4.74 Å². The number of aliphatic carboxylic acids is 1. The molecule has 1 N–H and O–H groups in total. The molecule has 8 heteroatoms. The fourth-order valence-electron chi connectivity index (χ4n) is 5.28. The molecule has 4 rings (SSSR count). The van der Waals surface area contributed by atoms with E-state index < -0.39 is 23.6 Å². The van der Waals surface area contributed by atoms with Crippen LogP contribution in [0.4, 0.5) is 13.2 Å². The first-order valence-electron chi connectivity index (χ1n) is 14.3. The first kappa shape index (κ1) is 32.1. The fraction of sp³-hybridized carbons (Fsp3) is 0.286. The minimum Gasteiger partial charge on any atom is -0.494 e. The quantitative estimate of drug-likeness (QED) is 0.145. The van der Waals surface area contributed by atoms with Gasteiger partial charge in [-0.05, 0) is 53.3 Å². The molecule has 226 valence electrons. The smallest absolute Gasteiger partial charge is 0.417 e. The molecule has 0 amide bonds. The maximum absolute atomic E-state index is 13.6. The SMILES string of the molecule is CCC(C(=O)O)c1cccc(OCCCN(Cc2cccc(C(F)(F)F)c2Cl)CC(c2ccccc2)c2ccccc2)c1. The molecule has 1 unspecified atom stereocenters. The Balaban J connectivity index is 1.54. The molecule has 0 spiro atoms. The van der Waals surface area contributed by atoms with Crippen molar-refractivity contribution in [2.24, 2.45) is 0 Å². The maximum atomic E-state index is 13.6. The number of halogens is 4. The lowest BCUT2D eigenvalue weighted by atomic mass is 9.90. The number of carboxylic acid groups (broad SMARTS) is 1. The number of hydrogen-bond acceptors (Lipinski definition) is 3. The van der Waals surface area contributed by atoms with E-state index in [-0.39, 0.29) is 17.5 Å². The molecular formula is C35H35ClF3NO3. The van der Waals surface area contributed by atoms with Crippen LogP contribution in [0.2, 0.25) is 5.02 Å². The zero-order valence-electron chi connectivity index (χ0n) is 23.9. The molecule has 0 aliphatic carbocycles. The summed E-state index contributed by atoms with van der Waals surface area (Å²) in [6.45, 7) is 3.49. The normalized spacial score (nSPS) is 12.4. The van der Waals surface area contributed by atoms with Crippen molar-refractivity contribution < 1.29 is 27.8 Å². The van der Waals surface area contributed by atoms with Crippen molar-refractivity contribution in [3.8, 4) is 5.75 Å². The van der Waals surface area contributed by atoms with Gasteiger partial charge < -0.3 is 9.84 Å². The molecule has 0 saturated carbocycles. The number of alkyl halides is 3. The molecule has 4 nitrogen and oxygen atoms in total. The van der Waals surface area contributed by atoms with Crippen molar-refractivity contribution in [3.63, 3.8) is 0 Å². The predicted molar refractivity (Wildman–Crippen MR) is 164 cm³/mol. The topological polar surface area (TPSA) is 49.8 Å². The van der Waals surface area contributed by atoms with Gasteiger partial charge in [0.2, 0.25) is 0 Å². The third kappa shape index (κ3) is 8.85. The van der Waals surface area contributed by atoms with Gasteiger partial charge in [-0.3, -0.25) is 9.69 Å². The molecular weight excluding hydrogens is 575 g/mol. The maximum Gasteiger partial charge on any atom is 0.417 e. The van der Waals surface area contributed by atoms with E-state index >= 15 is 0 Å². The lowest BCUT2D eigenvalue weighted by Crippen LogP contribution is -2.31. The largest absolute Gasteiger partial charge is 0.494 e. The first-order valence-corrected chi connectivity index (χ1v) is 14.7. The van der Waals surface area contributed by atoms with Crippen molar-refractivity contribution in [2.75, 3.05) is 19.7 Å². The van der Waals surface area contributed by atoms with Crippen LogP contribution in [0.5, 0.6) is 5.75 Å². The van der Waals surface area contributed by atoms with E-state index in [0.29, 0.717) is 49.4 Å². The second-order valence-corrected chi connectivity index (χ2v) is 10.8. The van der Waals surface area contributed by atoms with Crippen LogP contribution in [0.15, 0.2) is 103 Å². The molecule has 0 aliphatic rings. The molecule has 4 aromatic rings. The van der Waals surface area contributed by atoms with Gasteiger partial charge in [0.15, 0.2) is 0 Å². The van der Waals surface area contributed by atoms with Crippen molar-refractivity contribution in [1.29, 1.82) is 0 Å². The summed E-state index contributed by atoms with van der Waals surface area (Å²) in [6, 6.07) is 31.2. The van der Waals surface area contributed by atoms with Gasteiger partial charge in [-0.25, -0.2) is 0 Å². The van der Waals surface area contributed by atoms with E-state index in [2.05, 4.69) is 29.2 Å². The lowest BCUT2D eigenvalue weighted by molar-refractivity contribution is -0.139. The fourth-order valence-corrected chi connectivity index (χ4v) is 5.57. The molecule has 4 aromatic carbocycles. The Kier molecular flexibility index (Phi) is 11.3. The number of carboxylic acids is 1. The van der Waals surface area contributed by atoms with Gasteiger partial charge in [0.25, 0.3) is 0 Å². The number of rotatable bonds is 14. The second kappa shape index (κ2) is 15.1. The minimum atomic E-state index is -4.55. The number of ether oxygens (including phenoxy) is 1. The van der Waals surface area contributed by atoms with Gasteiger partial charge >= 0.3 is 12.1 Å². The van der Waals surface area contributed by atoms with Crippen molar-refractivity contribution in [2.45, 2.75) is 44.3 Å². The van der Waals surface area contributed by atoms with Crippen LogP contribution >= 0.6 is 11.6 Å². The van der Waals surface area contributed by atoms with Gasteiger partial charge in [-0.1, -0.05) is 103 Å². The first-order chi connectivity index (χ1) is 20.7. The average molecular weight is 610 g/mol. The Labute approximate surface area is 255 Å². The van der Waals surface area contributed by atoms with Crippen LogP contribution in [0.3, 0.4) is 0 Å². The summed E-state index contributed by atoms with van der Waals surface area (Å²) in [5, 5.41) is 9.23. The molecule has 0 aromatic heterocycles. The molecule has 0 radical (unpaired) electrons. The molecule has 0 fully saturated rings. The molecule has 0 heterocycles. The lowest BCUT2D eigenvalue weighted by Gasteiger charge is -2.29. The van der Waals surface area contributed by atoms with Crippen LogP contribution in [-0.4, -0.2) is 35.7 Å². The number of hydrogen-bond donors (Lipinski definition) is 1. The average Bonchev–Trinajstić information content (AvgIpc) is 2.99. The van der Waals surface area contributed by atoms with Crippen LogP contribution in [-0.2, 0) is 17.5 Å². The van der Waals surface area contributed by atoms with Gasteiger partial charge in [0.1, 0.15) is 5.75 Å². The standard InChI is InChI=1S/C35H35ClF3NO3/c1-2-30(34(41)42)27-16-9-18-29(22-27)43-21-11-20-40(23-28-17-10-19-32(33(28)36)35(37,38)39)24-31(25-12-5-3-6-13-25)26-14-7-4-8-15-26/h3-10,12-19,22,30-31H,2,11,20-21,23-24H2,1H3,(H,41,42). The summed E-state index contributed by atoms with van der Waals surface area (Å²) >= 11 is 6.31. The summed E-state index contributed by atoms with van der Waals surface area (Å²) < 4.78 is 46.9. The number of carbonyl (C=O) groups is 1. The van der Waals surface area contributed by atoms with E-state index in [4.69, 9.17) is 16.3 Å². The summed E-state index contributed by atoms with van der Waals surface area (Å²) in [7, 11) is 0. The van der Waals surface area contributed by atoms with Gasteiger partial charge in [-0.2, -0.15) is 13.2 Å². The van der Waals surface area contributed by atoms with E-state index in [0.717, 1.165) is 17.2 Å². The second-order valence-electron chi connectivity index (χ2n) is 10.5. The third-order valence-electron chi connectivity index (χ3n) is 7.48. The van der Waals surface area contributed by atoms with Crippen molar-refractivity contribution >= 4 is 17.6 Å². The molecule has 0 bridgehead atoms. The highest BCUT2D eigenvalue weighted by molar-refractivity contribution is 6.32. The Morgan fingerprint density at radius 1 is 0.884 bits per heavy atom. The summed E-state index contributed by atoms with van der Waals surface area (Å²) in [5.74, 6) is -0.929. The van der Waals surface area contributed by atoms with E-state index in [1.807, 2.05) is 43.3 Å². The zero-order valence-corrected chi connectivity index (χ0v) is 24.7. The monoisotopic (exact) mass is 609 g/mol. The Hall–Kier alpha value is -3.81. The summed E-state index contributed by atoms with van der Waals surface area (Å²) in [6.07, 6.45) is -3.49. The van der Waals surface area contributed by atoms with Crippen LogP contribution in [0, 0.1) is 0 Å². The minimum absolute atomic E-state index is 0.0217. The molecule has 0 saturated heterocycles. The predicted octanol–water partition coefficient (Wildman–Crippen LogP) is 9.04. The van der Waals surface area contributed by atoms with Crippen molar-refractivity contribution in [1.82, 2.24) is 4.90 Å².